The van der Waals surface area contributed by atoms with Crippen molar-refractivity contribution in [2.75, 3.05) is 0 Å². The van der Waals surface area contributed by atoms with Crippen LogP contribution in [0.4, 0.5) is 0 Å². The normalized spacial score (nSPS) is 11.8. The lowest BCUT2D eigenvalue weighted by Crippen LogP contribution is -1.90. The number of fused-ring (bicyclic) bond motifs is 9. The molecule has 0 aliphatic heterocycles. The summed E-state index contributed by atoms with van der Waals surface area (Å²) in [5.74, 6) is 0. The van der Waals surface area contributed by atoms with Crippen molar-refractivity contribution >= 4 is 64.9 Å². The van der Waals surface area contributed by atoms with Gasteiger partial charge in [-0.1, -0.05) is 121 Å². The van der Waals surface area contributed by atoms with Gasteiger partial charge >= 0.3 is 0 Å². The van der Waals surface area contributed by atoms with Gasteiger partial charge in [0.1, 0.15) is 0 Å². The van der Waals surface area contributed by atoms with E-state index in [-0.39, 0.29) is 0 Å². The van der Waals surface area contributed by atoms with Crippen molar-refractivity contribution < 1.29 is 0 Å². The van der Waals surface area contributed by atoms with Gasteiger partial charge < -0.3 is 4.98 Å². The first kappa shape index (κ1) is 26.1. The predicted octanol–water partition coefficient (Wildman–Crippen LogP) is 12.9. The number of H-pyrrole nitrogens is 1. The van der Waals surface area contributed by atoms with Crippen LogP contribution in [0.1, 0.15) is 0 Å². The number of hydrogen-bond acceptors (Lipinski definition) is 0. The summed E-state index contributed by atoms with van der Waals surface area (Å²) in [5, 5.41) is 12.7. The molecule has 10 rings (SSSR count). The molecule has 0 bridgehead atoms. The van der Waals surface area contributed by atoms with E-state index in [1.807, 2.05) is 0 Å². The van der Waals surface area contributed by atoms with Crippen LogP contribution in [0, 0.1) is 0 Å². The van der Waals surface area contributed by atoms with Crippen LogP contribution in [0.3, 0.4) is 0 Å². The quantitative estimate of drug-likeness (QED) is 0.196. The molecule has 1 heterocycles. The highest BCUT2D eigenvalue weighted by Gasteiger charge is 2.15. The van der Waals surface area contributed by atoms with E-state index in [2.05, 4.69) is 175 Å². The Morgan fingerprint density at radius 1 is 0.255 bits per heavy atom. The van der Waals surface area contributed by atoms with E-state index in [0.29, 0.717) is 0 Å². The van der Waals surface area contributed by atoms with Gasteiger partial charge in [-0.25, -0.2) is 0 Å². The Morgan fingerprint density at radius 3 is 1.30 bits per heavy atom. The highest BCUT2D eigenvalue weighted by Crippen LogP contribution is 2.42. The molecule has 1 heteroatoms. The average molecular weight is 596 g/mol. The van der Waals surface area contributed by atoms with Gasteiger partial charge in [0, 0.05) is 21.8 Å². The largest absolute Gasteiger partial charge is 0.355 e. The van der Waals surface area contributed by atoms with E-state index in [1.165, 1.54) is 92.8 Å². The maximum Gasteiger partial charge on any atom is 0.0465 e. The minimum Gasteiger partial charge on any atom is -0.355 e. The first-order valence-electron chi connectivity index (χ1n) is 16.3. The predicted molar refractivity (Wildman–Crippen MR) is 202 cm³/mol. The molecular formula is C46H29N. The minimum absolute atomic E-state index is 1.16. The minimum atomic E-state index is 1.16. The Morgan fingerprint density at radius 2 is 0.702 bits per heavy atom. The summed E-state index contributed by atoms with van der Waals surface area (Å²) < 4.78 is 0. The van der Waals surface area contributed by atoms with Crippen LogP contribution in [0.25, 0.3) is 98.3 Å². The SMILES string of the molecule is c1ccc2c(c1)cc(-c1cc(-c3ccc4[nH]c5ccccc5c4c3)cc(-c3cc4ccccc4c4ccccc34)c1)c1ccccc12. The molecule has 47 heavy (non-hydrogen) atoms. The zero-order valence-corrected chi connectivity index (χ0v) is 25.7. The molecule has 0 aliphatic rings. The van der Waals surface area contributed by atoms with Gasteiger partial charge in [-0.15, -0.1) is 0 Å². The van der Waals surface area contributed by atoms with E-state index in [4.69, 9.17) is 0 Å². The molecule has 0 unspecified atom stereocenters. The van der Waals surface area contributed by atoms with E-state index in [9.17, 15) is 0 Å². The monoisotopic (exact) mass is 595 g/mol. The summed E-state index contributed by atoms with van der Waals surface area (Å²) in [6.45, 7) is 0. The zero-order chi connectivity index (χ0) is 30.9. The molecule has 0 radical (unpaired) electrons. The van der Waals surface area contributed by atoms with Gasteiger partial charge in [-0.05, 0) is 125 Å². The maximum atomic E-state index is 3.61. The third-order valence-electron chi connectivity index (χ3n) is 9.93. The summed E-state index contributed by atoms with van der Waals surface area (Å²) in [7, 11) is 0. The second kappa shape index (κ2) is 10.2. The molecule has 0 fully saturated rings. The van der Waals surface area contributed by atoms with Crippen LogP contribution in [-0.2, 0) is 0 Å². The second-order valence-electron chi connectivity index (χ2n) is 12.6. The van der Waals surface area contributed by atoms with Gasteiger partial charge in [0.2, 0.25) is 0 Å². The van der Waals surface area contributed by atoms with Crippen molar-refractivity contribution in [2.24, 2.45) is 0 Å². The molecule has 0 saturated heterocycles. The Labute approximate surface area is 272 Å². The number of hydrogen-bond donors (Lipinski definition) is 1. The van der Waals surface area contributed by atoms with Gasteiger partial charge in [0.05, 0.1) is 0 Å². The van der Waals surface area contributed by atoms with Crippen LogP contribution in [-0.4, -0.2) is 4.98 Å². The molecule has 9 aromatic carbocycles. The van der Waals surface area contributed by atoms with Crippen molar-refractivity contribution in [2.45, 2.75) is 0 Å². The summed E-state index contributed by atoms with van der Waals surface area (Å²) in [5.41, 5.74) is 9.68. The number of aromatic amines is 1. The molecule has 218 valence electrons. The molecule has 10 aromatic rings. The average Bonchev–Trinajstić information content (AvgIpc) is 3.52. The lowest BCUT2D eigenvalue weighted by molar-refractivity contribution is 1.54. The first-order valence-corrected chi connectivity index (χ1v) is 16.3. The summed E-state index contributed by atoms with van der Waals surface area (Å²) in [4.78, 5) is 3.61. The molecule has 0 atom stereocenters. The zero-order valence-electron chi connectivity index (χ0n) is 25.7. The topological polar surface area (TPSA) is 15.8 Å². The van der Waals surface area contributed by atoms with Crippen LogP contribution < -0.4 is 0 Å². The molecule has 1 N–H and O–H groups in total. The van der Waals surface area contributed by atoms with E-state index in [1.54, 1.807) is 0 Å². The first-order chi connectivity index (χ1) is 23.3. The summed E-state index contributed by atoms with van der Waals surface area (Å²) in [6.07, 6.45) is 0. The van der Waals surface area contributed by atoms with Crippen LogP contribution in [0.5, 0.6) is 0 Å². The molecule has 0 amide bonds. The van der Waals surface area contributed by atoms with E-state index < -0.39 is 0 Å². The second-order valence-corrected chi connectivity index (χ2v) is 12.6. The molecule has 1 nitrogen and oxygen atoms in total. The van der Waals surface area contributed by atoms with Crippen molar-refractivity contribution in [3.05, 3.63) is 170 Å². The van der Waals surface area contributed by atoms with Gasteiger partial charge in [0.15, 0.2) is 0 Å². The highest BCUT2D eigenvalue weighted by molar-refractivity contribution is 6.16. The van der Waals surface area contributed by atoms with E-state index >= 15 is 0 Å². The number of para-hydroxylation sites is 1. The van der Waals surface area contributed by atoms with Crippen molar-refractivity contribution in [3.63, 3.8) is 0 Å². The Balaban J connectivity index is 1.30. The van der Waals surface area contributed by atoms with E-state index in [0.717, 1.165) is 5.52 Å². The van der Waals surface area contributed by atoms with Gasteiger partial charge in [0.25, 0.3) is 0 Å². The van der Waals surface area contributed by atoms with Gasteiger partial charge in [-0.3, -0.25) is 0 Å². The molecule has 0 saturated carbocycles. The van der Waals surface area contributed by atoms with Crippen molar-refractivity contribution in [3.8, 4) is 33.4 Å². The third-order valence-corrected chi connectivity index (χ3v) is 9.93. The lowest BCUT2D eigenvalue weighted by Gasteiger charge is -2.16. The van der Waals surface area contributed by atoms with Gasteiger partial charge in [-0.2, -0.15) is 0 Å². The Hall–Kier alpha value is -6.18. The standard InChI is InChI=1S/C46H29N/c1-3-13-35-30(11-1)27-42(39-17-7-5-15-37(35)39)33-23-32(29-21-22-46-44(26-29)41-19-9-10-20-45(41)47-46)24-34(25-33)43-28-31-12-2-4-14-36(31)38-16-6-8-18-40(38)43/h1-28,47H. The molecule has 0 spiro atoms. The fourth-order valence-electron chi connectivity index (χ4n) is 7.72. The Bertz CT molecular complexity index is 2710. The van der Waals surface area contributed by atoms with Crippen LogP contribution in [0.2, 0.25) is 0 Å². The molecular weight excluding hydrogens is 567 g/mol. The molecule has 1 aromatic heterocycles. The number of rotatable bonds is 3. The lowest BCUT2D eigenvalue weighted by atomic mass is 9.87. The maximum absolute atomic E-state index is 3.61. The number of nitrogens with one attached hydrogen (secondary N) is 1. The van der Waals surface area contributed by atoms with Crippen LogP contribution >= 0.6 is 0 Å². The third kappa shape index (κ3) is 4.10. The van der Waals surface area contributed by atoms with Crippen LogP contribution in [0.15, 0.2) is 170 Å². The number of benzene rings is 9. The Kier molecular flexibility index (Phi) is 5.64. The fourth-order valence-corrected chi connectivity index (χ4v) is 7.72. The van der Waals surface area contributed by atoms with Crippen molar-refractivity contribution in [1.82, 2.24) is 4.98 Å². The summed E-state index contributed by atoms with van der Waals surface area (Å²) in [6, 6.07) is 62.5. The molecule has 0 aliphatic carbocycles. The summed E-state index contributed by atoms with van der Waals surface area (Å²) >= 11 is 0. The van der Waals surface area contributed by atoms with Crippen molar-refractivity contribution in [1.29, 1.82) is 0 Å². The fraction of sp³-hybridized carbons (Fsp3) is 0. The number of aromatic nitrogens is 1. The highest BCUT2D eigenvalue weighted by atomic mass is 14.7. The smallest absolute Gasteiger partial charge is 0.0465 e.